The maximum atomic E-state index is 12.6. The number of nitrogens with zero attached hydrogens (tertiary/aromatic N) is 1. The fraction of sp³-hybridized carbons (Fsp3) is 0. The Labute approximate surface area is 161 Å². The van der Waals surface area contributed by atoms with Crippen LogP contribution in [0, 0.1) is 0 Å². The lowest BCUT2D eigenvalue weighted by atomic mass is 10.1. The molecule has 0 fully saturated rings. The number of aromatic nitrogens is 1. The number of carbonyl (C=O) groups excluding carboxylic acids is 1. The van der Waals surface area contributed by atoms with Crippen LogP contribution in [0.2, 0.25) is 0 Å². The number of benzene rings is 3. The van der Waals surface area contributed by atoms with Crippen LogP contribution >= 0.6 is 0 Å². The van der Waals surface area contributed by atoms with E-state index in [-0.39, 0.29) is 10.8 Å². The van der Waals surface area contributed by atoms with Crippen molar-refractivity contribution < 1.29 is 13.2 Å². The van der Waals surface area contributed by atoms with Crippen LogP contribution in [0.15, 0.2) is 71.6 Å². The van der Waals surface area contributed by atoms with Crippen molar-refractivity contribution in [2.45, 2.75) is 4.90 Å². The Morgan fingerprint density at radius 2 is 1.57 bits per heavy atom. The first kappa shape index (κ1) is 17.9. The summed E-state index contributed by atoms with van der Waals surface area (Å²) in [4.78, 5) is 17.1. The molecule has 1 aromatic heterocycles. The first-order valence-corrected chi connectivity index (χ1v) is 9.90. The topological polar surface area (TPSA) is 128 Å². The molecule has 0 unspecified atom stereocenters. The number of hydrogen-bond donors (Lipinski definition) is 3. The lowest BCUT2D eigenvalue weighted by Gasteiger charge is -2.09. The van der Waals surface area contributed by atoms with E-state index in [1.54, 1.807) is 18.2 Å². The molecule has 8 heteroatoms. The number of rotatable bonds is 3. The molecule has 28 heavy (non-hydrogen) atoms. The van der Waals surface area contributed by atoms with Crippen LogP contribution in [0.1, 0.15) is 10.4 Å². The van der Waals surface area contributed by atoms with Gasteiger partial charge in [-0.25, -0.2) is 18.5 Å². The van der Waals surface area contributed by atoms with Crippen molar-refractivity contribution in [1.82, 2.24) is 4.98 Å². The van der Waals surface area contributed by atoms with Gasteiger partial charge in [-0.3, -0.25) is 4.79 Å². The van der Waals surface area contributed by atoms with Gasteiger partial charge in [-0.1, -0.05) is 18.2 Å². The number of primary sulfonamides is 1. The number of carbonyl (C=O) groups is 1. The molecule has 0 atom stereocenters. The standard InChI is InChI=1S/C20H16N4O3S/c21-19-15-3-1-2-4-17(15)24-18-10-5-12(11-16(18)19)20(25)23-13-6-8-14(9-7-13)28(22,26)27/h1-11H,(H2,21,24)(H,23,25)(H2,22,26,27). The molecule has 140 valence electrons. The summed E-state index contributed by atoms with van der Waals surface area (Å²) in [7, 11) is -3.78. The van der Waals surface area contributed by atoms with Gasteiger partial charge in [-0.15, -0.1) is 0 Å². The van der Waals surface area contributed by atoms with Gasteiger partial charge < -0.3 is 11.1 Å². The first-order chi connectivity index (χ1) is 13.3. The van der Waals surface area contributed by atoms with Gasteiger partial charge in [-0.2, -0.15) is 0 Å². The van der Waals surface area contributed by atoms with E-state index in [1.165, 1.54) is 24.3 Å². The molecule has 3 aromatic carbocycles. The second kappa shape index (κ2) is 6.59. The number of nitrogens with one attached hydrogen (secondary N) is 1. The minimum absolute atomic E-state index is 0.0260. The summed E-state index contributed by atoms with van der Waals surface area (Å²) < 4.78 is 22.6. The van der Waals surface area contributed by atoms with E-state index in [9.17, 15) is 13.2 Å². The van der Waals surface area contributed by atoms with Gasteiger partial charge in [0.2, 0.25) is 10.0 Å². The summed E-state index contributed by atoms with van der Waals surface area (Å²) in [6.45, 7) is 0. The summed E-state index contributed by atoms with van der Waals surface area (Å²) in [6, 6.07) is 18.3. The van der Waals surface area contributed by atoms with Gasteiger partial charge in [0.25, 0.3) is 5.91 Å². The van der Waals surface area contributed by atoms with Gasteiger partial charge in [0.1, 0.15) is 0 Å². The third kappa shape index (κ3) is 3.26. The van der Waals surface area contributed by atoms with Crippen molar-refractivity contribution >= 4 is 49.1 Å². The normalized spacial score (nSPS) is 11.6. The van der Waals surface area contributed by atoms with Crippen molar-refractivity contribution in [2.75, 3.05) is 11.1 Å². The van der Waals surface area contributed by atoms with Gasteiger partial charge in [0, 0.05) is 22.0 Å². The molecular weight excluding hydrogens is 376 g/mol. The molecule has 0 saturated heterocycles. The van der Waals surface area contributed by atoms with Crippen molar-refractivity contribution in [1.29, 1.82) is 0 Å². The smallest absolute Gasteiger partial charge is 0.255 e. The molecule has 0 aliphatic carbocycles. The lowest BCUT2D eigenvalue weighted by molar-refractivity contribution is 0.102. The SMILES string of the molecule is Nc1c2ccccc2nc2ccc(C(=O)Nc3ccc(S(N)(=O)=O)cc3)cc12. The molecule has 1 amide bonds. The number of fused-ring (bicyclic) bond motifs is 2. The highest BCUT2D eigenvalue weighted by Crippen LogP contribution is 2.29. The van der Waals surface area contributed by atoms with E-state index in [0.29, 0.717) is 27.8 Å². The van der Waals surface area contributed by atoms with Crippen molar-refractivity contribution in [3.63, 3.8) is 0 Å². The fourth-order valence-corrected chi connectivity index (χ4v) is 3.51. The van der Waals surface area contributed by atoms with Gasteiger partial charge in [-0.05, 0) is 48.5 Å². The Morgan fingerprint density at radius 3 is 2.29 bits per heavy atom. The van der Waals surface area contributed by atoms with E-state index >= 15 is 0 Å². The third-order valence-electron chi connectivity index (χ3n) is 4.42. The maximum absolute atomic E-state index is 12.6. The zero-order valence-electron chi connectivity index (χ0n) is 14.6. The highest BCUT2D eigenvalue weighted by atomic mass is 32.2. The van der Waals surface area contributed by atoms with Crippen LogP contribution in [0.5, 0.6) is 0 Å². The number of pyridine rings is 1. The molecule has 4 aromatic rings. The van der Waals surface area contributed by atoms with Crippen LogP contribution in [0.25, 0.3) is 21.8 Å². The largest absolute Gasteiger partial charge is 0.398 e. The summed E-state index contributed by atoms with van der Waals surface area (Å²) in [6.07, 6.45) is 0. The lowest BCUT2D eigenvalue weighted by Crippen LogP contribution is -2.14. The Balaban J connectivity index is 1.67. The van der Waals surface area contributed by atoms with E-state index in [0.717, 1.165) is 10.9 Å². The Kier molecular flexibility index (Phi) is 4.21. The Bertz CT molecular complexity index is 1330. The van der Waals surface area contributed by atoms with E-state index in [1.807, 2.05) is 24.3 Å². The average Bonchev–Trinajstić information content (AvgIpc) is 2.68. The summed E-state index contributed by atoms with van der Waals surface area (Å²) in [5.41, 5.74) is 9.20. The second-order valence-corrected chi connectivity index (χ2v) is 7.86. The number of para-hydroxylation sites is 1. The van der Waals surface area contributed by atoms with Crippen molar-refractivity contribution in [3.05, 3.63) is 72.3 Å². The molecule has 0 saturated carbocycles. The molecule has 7 nitrogen and oxygen atoms in total. The minimum Gasteiger partial charge on any atom is -0.398 e. The summed E-state index contributed by atoms with van der Waals surface area (Å²) in [5, 5.41) is 9.31. The van der Waals surface area contributed by atoms with Gasteiger partial charge >= 0.3 is 0 Å². The van der Waals surface area contributed by atoms with Crippen molar-refractivity contribution in [2.24, 2.45) is 5.14 Å². The fourth-order valence-electron chi connectivity index (χ4n) is 3.00. The quantitative estimate of drug-likeness (QED) is 0.462. The molecule has 0 aliphatic rings. The Hall–Kier alpha value is -3.49. The maximum Gasteiger partial charge on any atom is 0.255 e. The molecule has 0 aliphatic heterocycles. The number of nitrogen functional groups attached to an aromatic ring is 1. The van der Waals surface area contributed by atoms with Crippen LogP contribution < -0.4 is 16.2 Å². The predicted octanol–water partition coefficient (Wildman–Crippen LogP) is 2.87. The summed E-state index contributed by atoms with van der Waals surface area (Å²) in [5.74, 6) is -0.349. The molecule has 0 radical (unpaired) electrons. The Morgan fingerprint density at radius 1 is 0.893 bits per heavy atom. The molecule has 1 heterocycles. The zero-order valence-corrected chi connectivity index (χ0v) is 15.4. The van der Waals surface area contributed by atoms with Gasteiger partial charge in [0.05, 0.1) is 21.6 Å². The first-order valence-electron chi connectivity index (χ1n) is 8.35. The van der Waals surface area contributed by atoms with E-state index in [2.05, 4.69) is 10.3 Å². The number of sulfonamides is 1. The number of nitrogens with two attached hydrogens (primary N) is 2. The predicted molar refractivity (Wildman–Crippen MR) is 109 cm³/mol. The number of anilines is 2. The second-order valence-electron chi connectivity index (χ2n) is 6.30. The molecule has 5 N–H and O–H groups in total. The number of hydrogen-bond acceptors (Lipinski definition) is 5. The van der Waals surface area contributed by atoms with Crippen LogP contribution in [0.3, 0.4) is 0 Å². The van der Waals surface area contributed by atoms with E-state index in [4.69, 9.17) is 10.9 Å². The van der Waals surface area contributed by atoms with Crippen LogP contribution in [0.4, 0.5) is 11.4 Å². The molecule has 0 spiro atoms. The average molecular weight is 392 g/mol. The number of amides is 1. The van der Waals surface area contributed by atoms with Crippen LogP contribution in [-0.4, -0.2) is 19.3 Å². The molecule has 0 bridgehead atoms. The molecule has 4 rings (SSSR count). The van der Waals surface area contributed by atoms with E-state index < -0.39 is 10.0 Å². The highest BCUT2D eigenvalue weighted by Gasteiger charge is 2.12. The van der Waals surface area contributed by atoms with Crippen LogP contribution in [-0.2, 0) is 10.0 Å². The highest BCUT2D eigenvalue weighted by molar-refractivity contribution is 7.89. The molecular formula is C20H16N4O3S. The third-order valence-corrected chi connectivity index (χ3v) is 5.35. The minimum atomic E-state index is -3.78. The summed E-state index contributed by atoms with van der Waals surface area (Å²) >= 11 is 0. The zero-order chi connectivity index (χ0) is 19.9. The van der Waals surface area contributed by atoms with Gasteiger partial charge in [0.15, 0.2) is 0 Å². The monoisotopic (exact) mass is 392 g/mol. The van der Waals surface area contributed by atoms with Crippen molar-refractivity contribution in [3.8, 4) is 0 Å².